The minimum Gasteiger partial charge on any atom is -0.350 e. The Bertz CT molecular complexity index is 1530. The number of carbonyl (C=O) groups is 1. The lowest BCUT2D eigenvalue weighted by atomic mass is 9.98. The zero-order valence-electron chi connectivity index (χ0n) is 18.2. The van der Waals surface area contributed by atoms with Crippen molar-refractivity contribution >= 4 is 39.2 Å². The van der Waals surface area contributed by atoms with Gasteiger partial charge in [-0.25, -0.2) is 13.5 Å². The number of nitrogens with zero attached hydrogens (tertiary/aromatic N) is 2. The van der Waals surface area contributed by atoms with Crippen LogP contribution in [0.3, 0.4) is 0 Å². The van der Waals surface area contributed by atoms with Crippen molar-refractivity contribution in [3.63, 3.8) is 0 Å². The van der Waals surface area contributed by atoms with Gasteiger partial charge in [0.1, 0.15) is 5.69 Å². The van der Waals surface area contributed by atoms with Gasteiger partial charge in [-0.05, 0) is 42.5 Å². The molecule has 0 fully saturated rings. The van der Waals surface area contributed by atoms with Crippen molar-refractivity contribution < 1.29 is 26.3 Å². The number of hydrogen-bond donors (Lipinski definition) is 3. The number of aromatic nitrogens is 1. The van der Waals surface area contributed by atoms with E-state index in [4.69, 9.17) is 5.26 Å². The standard InChI is InChI=1S/C24H18F2N4O4S/c1-30(34-35(32)33)20-9-8-16-11-22(29-21(16)13-20)23(31)28-19-7-3-6-18(12-19)24(25,26)17-5-2-4-15(10-17)14-27/h2-13,29,35H,1H3,(H,28,31). The molecule has 0 saturated heterocycles. The van der Waals surface area contributed by atoms with Crippen LogP contribution in [0.1, 0.15) is 27.2 Å². The van der Waals surface area contributed by atoms with E-state index >= 15 is 8.78 Å². The topological polar surface area (TPSA) is 115 Å². The van der Waals surface area contributed by atoms with E-state index in [1.165, 1.54) is 49.5 Å². The minimum atomic E-state index is -3.38. The quantitative estimate of drug-likeness (QED) is 0.259. The van der Waals surface area contributed by atoms with Crippen LogP contribution < -0.4 is 10.4 Å². The summed E-state index contributed by atoms with van der Waals surface area (Å²) in [4.78, 5) is 15.7. The van der Waals surface area contributed by atoms with Crippen LogP contribution in [0.4, 0.5) is 20.2 Å². The second kappa shape index (κ2) is 9.54. The van der Waals surface area contributed by atoms with Crippen LogP contribution in [-0.4, -0.2) is 26.4 Å². The summed E-state index contributed by atoms with van der Waals surface area (Å²) in [7, 11) is -1.67. The van der Waals surface area contributed by atoms with Crippen molar-refractivity contribution in [1.82, 2.24) is 4.98 Å². The normalized spacial score (nSPS) is 11.4. The molecule has 1 heterocycles. The van der Waals surface area contributed by atoms with Crippen LogP contribution in [-0.2, 0) is 21.2 Å². The van der Waals surface area contributed by atoms with Gasteiger partial charge in [-0.15, -0.1) is 0 Å². The lowest BCUT2D eigenvalue weighted by Gasteiger charge is -2.18. The number of rotatable bonds is 7. The van der Waals surface area contributed by atoms with E-state index < -0.39 is 22.8 Å². The van der Waals surface area contributed by atoms with Gasteiger partial charge in [0.2, 0.25) is 0 Å². The van der Waals surface area contributed by atoms with Gasteiger partial charge in [-0.1, -0.05) is 30.3 Å². The number of fused-ring (bicyclic) bond motifs is 1. The fourth-order valence-corrected chi connectivity index (χ4v) is 3.82. The molecule has 0 bridgehead atoms. The number of hydrogen-bond acceptors (Lipinski definition) is 6. The molecule has 0 aliphatic rings. The van der Waals surface area contributed by atoms with Crippen LogP contribution in [0.15, 0.2) is 72.8 Å². The number of nitriles is 1. The zero-order valence-corrected chi connectivity index (χ0v) is 19.1. The molecule has 11 heteroatoms. The van der Waals surface area contributed by atoms with Crippen molar-refractivity contribution in [3.05, 3.63) is 95.2 Å². The Kier molecular flexibility index (Phi) is 6.50. The first-order valence-electron chi connectivity index (χ1n) is 10.2. The van der Waals surface area contributed by atoms with Gasteiger partial charge >= 0.3 is 0 Å². The first kappa shape index (κ1) is 23.9. The number of thiol groups is 1. The molecular formula is C24H18F2N4O4S. The molecule has 3 aromatic carbocycles. The highest BCUT2D eigenvalue weighted by atomic mass is 32.2. The van der Waals surface area contributed by atoms with Gasteiger partial charge in [0, 0.05) is 34.8 Å². The number of halogens is 2. The van der Waals surface area contributed by atoms with Gasteiger partial charge in [0.05, 0.1) is 17.3 Å². The summed E-state index contributed by atoms with van der Waals surface area (Å²) in [5.74, 6) is -3.93. The summed E-state index contributed by atoms with van der Waals surface area (Å²) < 4.78 is 56.3. The Labute approximate surface area is 200 Å². The predicted octanol–water partition coefficient (Wildman–Crippen LogP) is 4.33. The average Bonchev–Trinajstić information content (AvgIpc) is 3.27. The fourth-order valence-electron chi connectivity index (χ4n) is 3.52. The predicted molar refractivity (Wildman–Crippen MR) is 127 cm³/mol. The molecule has 35 heavy (non-hydrogen) atoms. The Morgan fingerprint density at radius 3 is 2.49 bits per heavy atom. The van der Waals surface area contributed by atoms with Crippen molar-refractivity contribution in [2.24, 2.45) is 0 Å². The van der Waals surface area contributed by atoms with Gasteiger partial charge in [-0.3, -0.25) is 4.79 Å². The molecule has 2 N–H and O–H groups in total. The summed E-state index contributed by atoms with van der Waals surface area (Å²) in [6.07, 6.45) is 0. The van der Waals surface area contributed by atoms with Crippen LogP contribution in [0.2, 0.25) is 0 Å². The highest BCUT2D eigenvalue weighted by Gasteiger charge is 2.34. The number of alkyl halides is 2. The van der Waals surface area contributed by atoms with E-state index in [1.807, 2.05) is 6.07 Å². The minimum absolute atomic E-state index is 0.119. The molecule has 0 aliphatic heterocycles. The van der Waals surface area contributed by atoms with Crippen molar-refractivity contribution in [2.75, 3.05) is 17.4 Å². The molecule has 4 rings (SSSR count). The number of H-pyrrole nitrogens is 1. The highest BCUT2D eigenvalue weighted by molar-refractivity contribution is 7.67. The Morgan fingerprint density at radius 2 is 1.77 bits per heavy atom. The maximum absolute atomic E-state index is 15.1. The molecule has 0 aliphatic carbocycles. The number of hydroxylamine groups is 1. The molecule has 1 amide bonds. The lowest BCUT2D eigenvalue weighted by Crippen LogP contribution is -2.17. The average molecular weight is 496 g/mol. The lowest BCUT2D eigenvalue weighted by molar-refractivity contribution is 0.0428. The third-order valence-corrected chi connectivity index (χ3v) is 5.62. The SMILES string of the molecule is CN(O[SH](=O)=O)c1ccc2cc(C(=O)Nc3cccc(C(F)(F)c4cccc(C#N)c4)c3)[nH]c2c1. The molecule has 0 radical (unpaired) electrons. The van der Waals surface area contributed by atoms with Crippen molar-refractivity contribution in [1.29, 1.82) is 5.26 Å². The van der Waals surface area contributed by atoms with E-state index in [0.717, 1.165) is 11.1 Å². The number of amides is 1. The highest BCUT2D eigenvalue weighted by Crippen LogP contribution is 2.37. The maximum Gasteiger partial charge on any atom is 0.298 e. The van der Waals surface area contributed by atoms with Gasteiger partial charge < -0.3 is 10.3 Å². The van der Waals surface area contributed by atoms with E-state index in [9.17, 15) is 13.2 Å². The van der Waals surface area contributed by atoms with Crippen LogP contribution in [0.5, 0.6) is 0 Å². The summed E-state index contributed by atoms with van der Waals surface area (Å²) in [6.45, 7) is 0. The Morgan fingerprint density at radius 1 is 1.06 bits per heavy atom. The maximum atomic E-state index is 15.1. The first-order chi connectivity index (χ1) is 16.7. The van der Waals surface area contributed by atoms with Crippen molar-refractivity contribution in [2.45, 2.75) is 5.92 Å². The number of aromatic amines is 1. The molecule has 8 nitrogen and oxygen atoms in total. The van der Waals surface area contributed by atoms with Crippen molar-refractivity contribution in [3.8, 4) is 6.07 Å². The number of carbonyl (C=O) groups excluding carboxylic acids is 1. The molecule has 0 atom stereocenters. The molecule has 0 spiro atoms. The van der Waals surface area contributed by atoms with E-state index in [1.54, 1.807) is 24.3 Å². The van der Waals surface area contributed by atoms with Gasteiger partial charge in [0.25, 0.3) is 22.8 Å². The molecule has 0 unspecified atom stereocenters. The van der Waals surface area contributed by atoms with Gasteiger partial charge in [-0.2, -0.15) is 18.3 Å². The van der Waals surface area contributed by atoms with E-state index in [-0.39, 0.29) is 28.1 Å². The Hall–Kier alpha value is -4.27. The third-order valence-electron chi connectivity index (χ3n) is 5.24. The number of anilines is 2. The second-order valence-corrected chi connectivity index (χ2v) is 8.17. The molecule has 4 aromatic rings. The molecule has 1 aromatic heterocycles. The van der Waals surface area contributed by atoms with E-state index in [0.29, 0.717) is 16.6 Å². The first-order valence-corrected chi connectivity index (χ1v) is 11.3. The van der Waals surface area contributed by atoms with E-state index in [2.05, 4.69) is 14.6 Å². The zero-order chi connectivity index (χ0) is 25.2. The molecular weight excluding hydrogens is 478 g/mol. The molecule has 0 saturated carbocycles. The van der Waals surface area contributed by atoms with Crippen LogP contribution in [0, 0.1) is 11.3 Å². The summed E-state index contributed by atoms with van der Waals surface area (Å²) >= 11 is 0. The van der Waals surface area contributed by atoms with Gasteiger partial charge in [0.15, 0.2) is 0 Å². The monoisotopic (exact) mass is 496 g/mol. The summed E-state index contributed by atoms with van der Waals surface area (Å²) in [5.41, 5.74) is 0.758. The molecule has 178 valence electrons. The second-order valence-electron chi connectivity index (χ2n) is 7.56. The van der Waals surface area contributed by atoms with Crippen LogP contribution >= 0.6 is 0 Å². The Balaban J connectivity index is 1.56. The third kappa shape index (κ3) is 5.13. The largest absolute Gasteiger partial charge is 0.350 e. The summed E-state index contributed by atoms with van der Waals surface area (Å²) in [6, 6.07) is 18.8. The fraction of sp³-hybridized carbons (Fsp3) is 0.0833. The number of nitrogens with one attached hydrogen (secondary N) is 2. The summed E-state index contributed by atoms with van der Waals surface area (Å²) in [5, 5.41) is 13.3. The number of benzene rings is 3. The van der Waals surface area contributed by atoms with Crippen LogP contribution in [0.25, 0.3) is 10.9 Å². The smallest absolute Gasteiger partial charge is 0.298 e.